The normalized spacial score (nSPS) is 10.4. The number of nitrogens with zero attached hydrogens (tertiary/aromatic N) is 2. The molecule has 0 aliphatic heterocycles. The fraction of sp³-hybridized carbons (Fsp3) is 0.0714. The molecule has 0 aliphatic carbocycles. The van der Waals surface area contributed by atoms with Crippen LogP contribution in [-0.2, 0) is 0 Å². The average molecular weight is 271 g/mol. The van der Waals surface area contributed by atoms with Gasteiger partial charge in [0.2, 0.25) is 0 Å². The summed E-state index contributed by atoms with van der Waals surface area (Å²) < 4.78 is 4.98. The summed E-state index contributed by atoms with van der Waals surface area (Å²) in [6.45, 7) is 0. The molecule has 0 unspecified atom stereocenters. The van der Waals surface area contributed by atoms with E-state index in [1.807, 2.05) is 0 Å². The lowest BCUT2D eigenvalue weighted by molar-refractivity contribution is 0.0954. The minimum absolute atomic E-state index is 0.0330. The number of aromatic hydroxyl groups is 1. The maximum Gasteiger partial charge on any atom is 0.272 e. The number of hydrogen-bond acceptors (Lipinski definition) is 5. The van der Waals surface area contributed by atoms with Crippen molar-refractivity contribution in [1.82, 2.24) is 10.4 Å². The first-order valence-electron chi connectivity index (χ1n) is 5.82. The van der Waals surface area contributed by atoms with Crippen molar-refractivity contribution < 1.29 is 14.6 Å². The number of amides is 1. The fourth-order valence-electron chi connectivity index (χ4n) is 1.53. The number of benzene rings is 1. The van der Waals surface area contributed by atoms with Crippen molar-refractivity contribution >= 4 is 12.1 Å². The van der Waals surface area contributed by atoms with Crippen LogP contribution in [0.3, 0.4) is 0 Å². The Hall–Kier alpha value is -2.89. The van der Waals surface area contributed by atoms with Gasteiger partial charge in [-0.3, -0.25) is 9.78 Å². The highest BCUT2D eigenvalue weighted by atomic mass is 16.5. The van der Waals surface area contributed by atoms with E-state index in [0.29, 0.717) is 16.9 Å². The molecule has 2 rings (SSSR count). The van der Waals surface area contributed by atoms with E-state index in [1.54, 1.807) is 36.5 Å². The number of hydrazone groups is 1. The Kier molecular flexibility index (Phi) is 4.28. The Morgan fingerprint density at radius 3 is 2.95 bits per heavy atom. The number of phenolic OH excluding ortho intramolecular Hbond substituents is 1. The molecule has 0 saturated heterocycles. The largest absolute Gasteiger partial charge is 0.504 e. The molecular weight excluding hydrogens is 258 g/mol. The minimum Gasteiger partial charge on any atom is -0.504 e. The van der Waals surface area contributed by atoms with Crippen molar-refractivity contribution in [2.24, 2.45) is 5.10 Å². The second-order valence-corrected chi connectivity index (χ2v) is 3.84. The molecule has 0 aliphatic rings. The van der Waals surface area contributed by atoms with E-state index in [4.69, 9.17) is 4.74 Å². The molecule has 0 radical (unpaired) electrons. The number of rotatable bonds is 4. The van der Waals surface area contributed by atoms with E-state index in [9.17, 15) is 9.90 Å². The fourth-order valence-corrected chi connectivity index (χ4v) is 1.53. The molecule has 6 nitrogen and oxygen atoms in total. The number of nitrogens with one attached hydrogen (secondary N) is 1. The van der Waals surface area contributed by atoms with Gasteiger partial charge in [-0.05, 0) is 24.3 Å². The molecule has 2 aromatic rings. The summed E-state index contributed by atoms with van der Waals surface area (Å²) in [5.41, 5.74) is 3.19. The first kappa shape index (κ1) is 13.5. The highest BCUT2D eigenvalue weighted by molar-refractivity contribution is 5.94. The minimum atomic E-state index is -0.378. The third-order valence-corrected chi connectivity index (χ3v) is 2.54. The molecular formula is C14H13N3O3. The third kappa shape index (κ3) is 3.11. The summed E-state index contributed by atoms with van der Waals surface area (Å²) in [4.78, 5) is 15.5. The van der Waals surface area contributed by atoms with Crippen LogP contribution >= 0.6 is 0 Å². The van der Waals surface area contributed by atoms with Gasteiger partial charge in [-0.25, -0.2) is 5.43 Å². The predicted molar refractivity (Wildman–Crippen MR) is 74.0 cm³/mol. The Morgan fingerprint density at radius 1 is 1.40 bits per heavy atom. The average Bonchev–Trinajstić information content (AvgIpc) is 2.49. The van der Waals surface area contributed by atoms with E-state index in [1.165, 1.54) is 19.5 Å². The summed E-state index contributed by atoms with van der Waals surface area (Å²) in [6, 6.07) is 8.27. The number of methoxy groups -OCH3 is 1. The number of pyridine rings is 1. The van der Waals surface area contributed by atoms with Crippen LogP contribution in [0.1, 0.15) is 15.9 Å². The monoisotopic (exact) mass is 271 g/mol. The van der Waals surface area contributed by atoms with Crippen LogP contribution < -0.4 is 10.2 Å². The van der Waals surface area contributed by atoms with Gasteiger partial charge in [0, 0.05) is 18.0 Å². The Labute approximate surface area is 115 Å². The number of para-hydroxylation sites is 1. The quantitative estimate of drug-likeness (QED) is 0.653. The van der Waals surface area contributed by atoms with Gasteiger partial charge < -0.3 is 9.84 Å². The van der Waals surface area contributed by atoms with E-state index in [2.05, 4.69) is 15.5 Å². The molecule has 0 fully saturated rings. The third-order valence-electron chi connectivity index (χ3n) is 2.54. The second-order valence-electron chi connectivity index (χ2n) is 3.84. The van der Waals surface area contributed by atoms with Gasteiger partial charge in [0.1, 0.15) is 0 Å². The zero-order chi connectivity index (χ0) is 14.4. The van der Waals surface area contributed by atoms with Crippen LogP contribution in [0.15, 0.2) is 47.8 Å². The molecule has 0 atom stereocenters. The Bertz CT molecular complexity index is 627. The first-order valence-corrected chi connectivity index (χ1v) is 5.82. The topological polar surface area (TPSA) is 83.8 Å². The molecule has 1 amide bonds. The summed E-state index contributed by atoms with van der Waals surface area (Å²) in [5, 5.41) is 13.6. The number of carbonyl (C=O) groups excluding carboxylic acids is 1. The highest BCUT2D eigenvalue weighted by Crippen LogP contribution is 2.27. The van der Waals surface area contributed by atoms with Crippen LogP contribution in [0.5, 0.6) is 11.5 Å². The van der Waals surface area contributed by atoms with Crippen LogP contribution in [0, 0.1) is 0 Å². The number of hydrogen-bond donors (Lipinski definition) is 2. The van der Waals surface area contributed by atoms with Gasteiger partial charge in [0.05, 0.1) is 18.9 Å². The van der Waals surface area contributed by atoms with Gasteiger partial charge in [-0.1, -0.05) is 6.07 Å². The predicted octanol–water partition coefficient (Wildman–Crippen LogP) is 1.56. The number of carbonyl (C=O) groups is 1. The number of ether oxygens (including phenoxy) is 1. The maximum absolute atomic E-state index is 11.7. The first-order chi connectivity index (χ1) is 9.72. The molecule has 0 bridgehead atoms. The van der Waals surface area contributed by atoms with Crippen molar-refractivity contribution in [2.45, 2.75) is 0 Å². The number of aromatic nitrogens is 1. The second kappa shape index (κ2) is 6.33. The van der Waals surface area contributed by atoms with Crippen molar-refractivity contribution in [3.63, 3.8) is 0 Å². The summed E-state index contributed by atoms with van der Waals surface area (Å²) in [6.07, 6.45) is 4.36. The summed E-state index contributed by atoms with van der Waals surface area (Å²) in [5.74, 6) is -0.0707. The van der Waals surface area contributed by atoms with E-state index < -0.39 is 0 Å². The van der Waals surface area contributed by atoms with Gasteiger partial charge in [0.25, 0.3) is 5.91 Å². The number of phenols is 1. The molecule has 6 heteroatoms. The molecule has 102 valence electrons. The molecule has 0 spiro atoms. The molecule has 1 heterocycles. The van der Waals surface area contributed by atoms with Crippen LogP contribution in [-0.4, -0.2) is 29.3 Å². The Morgan fingerprint density at radius 2 is 2.25 bits per heavy atom. The van der Waals surface area contributed by atoms with Crippen LogP contribution in [0.4, 0.5) is 0 Å². The van der Waals surface area contributed by atoms with Crippen molar-refractivity contribution in [1.29, 1.82) is 0 Å². The summed E-state index contributed by atoms with van der Waals surface area (Å²) >= 11 is 0. The molecule has 0 saturated carbocycles. The lowest BCUT2D eigenvalue weighted by Gasteiger charge is -2.04. The SMILES string of the molecule is COc1cccc(/C=N\NC(=O)c2cccnc2)c1O. The van der Waals surface area contributed by atoms with Crippen molar-refractivity contribution in [2.75, 3.05) is 7.11 Å². The molecule has 20 heavy (non-hydrogen) atoms. The van der Waals surface area contributed by atoms with E-state index >= 15 is 0 Å². The van der Waals surface area contributed by atoms with Crippen molar-refractivity contribution in [3.05, 3.63) is 53.9 Å². The molecule has 1 aromatic carbocycles. The lowest BCUT2D eigenvalue weighted by atomic mass is 10.2. The highest BCUT2D eigenvalue weighted by Gasteiger charge is 2.06. The molecule has 2 N–H and O–H groups in total. The Balaban J connectivity index is 2.06. The van der Waals surface area contributed by atoms with Gasteiger partial charge in [0.15, 0.2) is 11.5 Å². The van der Waals surface area contributed by atoms with Gasteiger partial charge >= 0.3 is 0 Å². The maximum atomic E-state index is 11.7. The van der Waals surface area contributed by atoms with E-state index in [0.717, 1.165) is 0 Å². The van der Waals surface area contributed by atoms with Crippen LogP contribution in [0.25, 0.3) is 0 Å². The smallest absolute Gasteiger partial charge is 0.272 e. The van der Waals surface area contributed by atoms with Crippen LogP contribution in [0.2, 0.25) is 0 Å². The lowest BCUT2D eigenvalue weighted by Crippen LogP contribution is -2.17. The van der Waals surface area contributed by atoms with Crippen molar-refractivity contribution in [3.8, 4) is 11.5 Å². The standard InChI is InChI=1S/C14H13N3O3/c1-20-12-6-2-4-10(13(12)18)9-16-17-14(19)11-5-3-7-15-8-11/h2-9,18H,1H3,(H,17,19)/b16-9-. The zero-order valence-electron chi connectivity index (χ0n) is 10.8. The zero-order valence-corrected chi connectivity index (χ0v) is 10.8. The van der Waals surface area contributed by atoms with E-state index in [-0.39, 0.29) is 11.7 Å². The van der Waals surface area contributed by atoms with Gasteiger partial charge in [-0.15, -0.1) is 0 Å². The van der Waals surface area contributed by atoms with Gasteiger partial charge in [-0.2, -0.15) is 5.10 Å². The molecule has 1 aromatic heterocycles. The summed E-state index contributed by atoms with van der Waals surface area (Å²) in [7, 11) is 1.46.